The van der Waals surface area contributed by atoms with Gasteiger partial charge in [-0.1, -0.05) is 48.0 Å². The van der Waals surface area contributed by atoms with Crippen LogP contribution in [-0.2, 0) is 4.79 Å². The maximum absolute atomic E-state index is 12.0. The van der Waals surface area contributed by atoms with Crippen molar-refractivity contribution >= 4 is 23.0 Å². The Kier molecular flexibility index (Phi) is 4.57. The predicted molar refractivity (Wildman–Crippen MR) is 91.6 cm³/mol. The topological polar surface area (TPSA) is 52.6 Å². The Hall–Kier alpha value is -3.14. The maximum atomic E-state index is 12.0. The van der Waals surface area contributed by atoms with Gasteiger partial charge < -0.3 is 9.47 Å². The van der Waals surface area contributed by atoms with Crippen molar-refractivity contribution in [2.45, 2.75) is 6.92 Å². The van der Waals surface area contributed by atoms with Crippen molar-refractivity contribution in [3.8, 4) is 11.5 Å². The molecule has 0 radical (unpaired) electrons. The molecule has 3 rings (SSSR count). The summed E-state index contributed by atoms with van der Waals surface area (Å²) in [5.74, 6) is 0.266. The van der Waals surface area contributed by atoms with Gasteiger partial charge in [-0.15, -0.1) is 0 Å². The monoisotopic (exact) mass is 320 g/mol. The molecular formula is C20H16O4. The van der Waals surface area contributed by atoms with Gasteiger partial charge in [0, 0.05) is 0 Å². The number of carbonyl (C=O) groups is 2. The van der Waals surface area contributed by atoms with E-state index in [1.807, 2.05) is 49.4 Å². The van der Waals surface area contributed by atoms with Gasteiger partial charge in [-0.05, 0) is 35.9 Å². The van der Waals surface area contributed by atoms with E-state index >= 15 is 0 Å². The molecule has 4 heteroatoms. The Morgan fingerprint density at radius 2 is 1.75 bits per heavy atom. The maximum Gasteiger partial charge on any atom is 0.349 e. The molecule has 24 heavy (non-hydrogen) atoms. The van der Waals surface area contributed by atoms with Crippen molar-refractivity contribution in [1.29, 1.82) is 0 Å². The number of carbonyl (C=O) groups excluding carboxylic acids is 2. The zero-order chi connectivity index (χ0) is 16.9. The summed E-state index contributed by atoms with van der Waals surface area (Å²) in [6, 6.07) is 18.2. The van der Waals surface area contributed by atoms with Crippen LogP contribution >= 0.6 is 0 Å². The summed E-state index contributed by atoms with van der Waals surface area (Å²) >= 11 is 0. The molecular weight excluding hydrogens is 304 g/mol. The van der Waals surface area contributed by atoms with Gasteiger partial charge >= 0.3 is 5.97 Å². The Morgan fingerprint density at radius 1 is 1.00 bits per heavy atom. The van der Waals surface area contributed by atoms with E-state index in [4.69, 9.17) is 9.47 Å². The van der Waals surface area contributed by atoms with E-state index in [2.05, 4.69) is 0 Å². The number of benzene rings is 3. The summed E-state index contributed by atoms with van der Waals surface area (Å²) in [6.45, 7) is 1.74. The molecule has 0 aliphatic heterocycles. The minimum atomic E-state index is -0.561. The van der Waals surface area contributed by atoms with Crippen molar-refractivity contribution in [1.82, 2.24) is 0 Å². The first-order valence-corrected chi connectivity index (χ1v) is 7.54. The third kappa shape index (κ3) is 3.43. The largest absolute Gasteiger partial charge is 0.482 e. The van der Waals surface area contributed by atoms with Gasteiger partial charge in [0.1, 0.15) is 11.5 Å². The molecule has 0 saturated carbocycles. The third-order valence-electron chi connectivity index (χ3n) is 3.65. The van der Waals surface area contributed by atoms with Crippen molar-refractivity contribution in [3.63, 3.8) is 0 Å². The molecule has 0 amide bonds. The number of hydrogen-bond acceptors (Lipinski definition) is 4. The highest BCUT2D eigenvalue weighted by atomic mass is 16.6. The average molecular weight is 320 g/mol. The molecule has 0 bridgehead atoms. The summed E-state index contributed by atoms with van der Waals surface area (Å²) in [7, 11) is 0. The van der Waals surface area contributed by atoms with Crippen molar-refractivity contribution in [2.75, 3.05) is 6.61 Å². The first-order valence-electron chi connectivity index (χ1n) is 7.54. The quantitative estimate of drug-likeness (QED) is 0.406. The molecule has 0 atom stereocenters. The number of rotatable bonds is 5. The second kappa shape index (κ2) is 6.96. The summed E-state index contributed by atoms with van der Waals surface area (Å²) in [5, 5.41) is 1.66. The standard InChI is InChI=1S/C20H16O4/c1-14-6-9-16(10-7-14)23-13-20(22)24-19-11-8-15-4-2-3-5-17(15)18(19)12-21/h2-12H,13H2,1H3. The third-order valence-corrected chi connectivity index (χ3v) is 3.65. The lowest BCUT2D eigenvalue weighted by Crippen LogP contribution is -2.18. The van der Waals surface area contributed by atoms with Crippen LogP contribution < -0.4 is 9.47 Å². The Morgan fingerprint density at radius 3 is 2.50 bits per heavy atom. The smallest absolute Gasteiger partial charge is 0.349 e. The summed E-state index contributed by atoms with van der Waals surface area (Å²) in [5.41, 5.74) is 1.47. The molecule has 0 aromatic heterocycles. The molecule has 0 saturated heterocycles. The molecule has 120 valence electrons. The van der Waals surface area contributed by atoms with Crippen molar-refractivity contribution in [3.05, 3.63) is 71.8 Å². The summed E-state index contributed by atoms with van der Waals surface area (Å²) in [4.78, 5) is 23.4. The van der Waals surface area contributed by atoms with Crippen LogP contribution in [0.4, 0.5) is 0 Å². The first kappa shape index (κ1) is 15.7. The molecule has 3 aromatic carbocycles. The highest BCUT2D eigenvalue weighted by Gasteiger charge is 2.12. The molecule has 0 aliphatic carbocycles. The van der Waals surface area contributed by atoms with Crippen LogP contribution in [0.2, 0.25) is 0 Å². The fourth-order valence-corrected chi connectivity index (χ4v) is 2.42. The Bertz CT molecular complexity index is 882. The lowest BCUT2D eigenvalue weighted by molar-refractivity contribution is -0.136. The number of hydrogen-bond donors (Lipinski definition) is 0. The minimum Gasteiger partial charge on any atom is -0.482 e. The lowest BCUT2D eigenvalue weighted by Gasteiger charge is -2.10. The normalized spacial score (nSPS) is 10.4. The average Bonchev–Trinajstić information content (AvgIpc) is 2.61. The van der Waals surface area contributed by atoms with Crippen LogP contribution in [0.3, 0.4) is 0 Å². The van der Waals surface area contributed by atoms with Gasteiger partial charge in [-0.2, -0.15) is 0 Å². The van der Waals surface area contributed by atoms with Crippen LogP contribution in [-0.4, -0.2) is 18.9 Å². The minimum absolute atomic E-state index is 0.228. The van der Waals surface area contributed by atoms with E-state index in [9.17, 15) is 9.59 Å². The molecule has 0 heterocycles. The first-order chi connectivity index (χ1) is 11.7. The number of ether oxygens (including phenoxy) is 2. The van der Waals surface area contributed by atoms with Gasteiger partial charge in [0.25, 0.3) is 0 Å². The number of fused-ring (bicyclic) bond motifs is 1. The van der Waals surface area contributed by atoms with Crippen LogP contribution in [0.15, 0.2) is 60.7 Å². The van der Waals surface area contributed by atoms with E-state index in [1.54, 1.807) is 18.2 Å². The second-order valence-corrected chi connectivity index (χ2v) is 5.39. The van der Waals surface area contributed by atoms with E-state index in [0.717, 1.165) is 16.3 Å². The van der Waals surface area contributed by atoms with Gasteiger partial charge in [0.2, 0.25) is 0 Å². The fraction of sp³-hybridized carbons (Fsp3) is 0.100. The Labute approximate surface area is 139 Å². The van der Waals surface area contributed by atoms with Gasteiger partial charge in [0.05, 0.1) is 5.56 Å². The zero-order valence-electron chi connectivity index (χ0n) is 13.2. The zero-order valence-corrected chi connectivity index (χ0v) is 13.2. The van der Waals surface area contributed by atoms with Crippen molar-refractivity contribution in [2.24, 2.45) is 0 Å². The van der Waals surface area contributed by atoms with Crippen LogP contribution in [0, 0.1) is 6.92 Å². The highest BCUT2D eigenvalue weighted by molar-refractivity contribution is 6.01. The van der Waals surface area contributed by atoms with Crippen LogP contribution in [0.1, 0.15) is 15.9 Å². The van der Waals surface area contributed by atoms with E-state index in [-0.39, 0.29) is 12.4 Å². The summed E-state index contributed by atoms with van der Waals surface area (Å²) in [6.07, 6.45) is 0.700. The molecule has 0 fully saturated rings. The Balaban J connectivity index is 1.73. The molecule has 3 aromatic rings. The molecule has 0 N–H and O–H groups in total. The van der Waals surface area contributed by atoms with E-state index in [0.29, 0.717) is 17.6 Å². The van der Waals surface area contributed by atoms with Crippen LogP contribution in [0.25, 0.3) is 10.8 Å². The SMILES string of the molecule is Cc1ccc(OCC(=O)Oc2ccc3ccccc3c2C=O)cc1. The van der Waals surface area contributed by atoms with Gasteiger partial charge in [-0.25, -0.2) is 4.79 Å². The number of esters is 1. The lowest BCUT2D eigenvalue weighted by atomic mass is 10.0. The highest BCUT2D eigenvalue weighted by Crippen LogP contribution is 2.26. The van der Waals surface area contributed by atoms with E-state index < -0.39 is 5.97 Å². The van der Waals surface area contributed by atoms with E-state index in [1.165, 1.54) is 0 Å². The van der Waals surface area contributed by atoms with Gasteiger partial charge in [-0.3, -0.25) is 4.79 Å². The fourth-order valence-electron chi connectivity index (χ4n) is 2.42. The molecule has 0 unspecified atom stereocenters. The number of aryl methyl sites for hydroxylation is 1. The van der Waals surface area contributed by atoms with Crippen LogP contribution in [0.5, 0.6) is 11.5 Å². The predicted octanol–water partition coefficient (Wildman–Crippen LogP) is 3.95. The van der Waals surface area contributed by atoms with Crippen molar-refractivity contribution < 1.29 is 19.1 Å². The molecule has 0 aliphatic rings. The number of aldehydes is 1. The molecule has 4 nitrogen and oxygen atoms in total. The second-order valence-electron chi connectivity index (χ2n) is 5.39. The van der Waals surface area contributed by atoms with Gasteiger partial charge in [0.15, 0.2) is 12.9 Å². The summed E-state index contributed by atoms with van der Waals surface area (Å²) < 4.78 is 10.7. The molecule has 0 spiro atoms.